The second-order valence-electron chi connectivity index (χ2n) is 6.67. The second kappa shape index (κ2) is 6.88. The Bertz CT molecular complexity index is 955. The highest BCUT2D eigenvalue weighted by Crippen LogP contribution is 2.45. The van der Waals surface area contributed by atoms with Crippen LogP contribution in [0.2, 0.25) is 0 Å². The summed E-state index contributed by atoms with van der Waals surface area (Å²) in [5.41, 5.74) is -0.520. The van der Waals surface area contributed by atoms with Crippen LogP contribution in [-0.4, -0.2) is 29.5 Å². The van der Waals surface area contributed by atoms with E-state index in [1.165, 1.54) is 28.6 Å². The van der Waals surface area contributed by atoms with E-state index in [0.29, 0.717) is 0 Å². The predicted molar refractivity (Wildman–Crippen MR) is 100 cm³/mol. The van der Waals surface area contributed by atoms with Gasteiger partial charge in [0.2, 0.25) is 10.0 Å². The predicted octanol–water partition coefficient (Wildman–Crippen LogP) is 3.65. The quantitative estimate of drug-likeness (QED) is 0.443. The number of nitro groups is 1. The van der Waals surface area contributed by atoms with Gasteiger partial charge in [-0.2, -0.15) is 4.31 Å². The van der Waals surface area contributed by atoms with Gasteiger partial charge in [-0.3, -0.25) is 10.1 Å². The van der Waals surface area contributed by atoms with E-state index in [4.69, 9.17) is 4.74 Å². The van der Waals surface area contributed by atoms with Crippen LogP contribution in [0.15, 0.2) is 72.1 Å². The first kappa shape index (κ1) is 19.2. The van der Waals surface area contributed by atoms with Gasteiger partial charge in [0.25, 0.3) is 5.69 Å². The van der Waals surface area contributed by atoms with E-state index in [-0.39, 0.29) is 10.6 Å². The molecule has 142 valence electrons. The molecule has 2 atom stereocenters. The molecule has 0 saturated carbocycles. The van der Waals surface area contributed by atoms with E-state index in [0.717, 1.165) is 5.56 Å². The highest BCUT2D eigenvalue weighted by molar-refractivity contribution is 7.89. The summed E-state index contributed by atoms with van der Waals surface area (Å²) in [6.07, 6.45) is 1.06. The zero-order chi connectivity index (χ0) is 19.8. The van der Waals surface area contributed by atoms with Crippen LogP contribution in [-0.2, 0) is 14.8 Å². The minimum Gasteiger partial charge on any atom is -0.351 e. The third-order valence-corrected chi connectivity index (χ3v) is 6.55. The van der Waals surface area contributed by atoms with Gasteiger partial charge in [0, 0.05) is 12.1 Å². The monoisotopic (exact) mass is 388 g/mol. The number of rotatable bonds is 5. The van der Waals surface area contributed by atoms with Gasteiger partial charge in [-0.15, -0.1) is 6.58 Å². The Morgan fingerprint density at radius 1 is 1.15 bits per heavy atom. The largest absolute Gasteiger partial charge is 0.351 e. The summed E-state index contributed by atoms with van der Waals surface area (Å²) in [6.45, 7) is 7.13. The van der Waals surface area contributed by atoms with Crippen LogP contribution in [0.25, 0.3) is 0 Å². The fraction of sp³-hybridized carbons (Fsp3) is 0.263. The normalized spacial score (nSPS) is 22.4. The van der Waals surface area contributed by atoms with Gasteiger partial charge in [0.15, 0.2) is 0 Å². The maximum absolute atomic E-state index is 13.4. The molecule has 2 aromatic carbocycles. The van der Waals surface area contributed by atoms with Crippen LogP contribution >= 0.6 is 0 Å². The van der Waals surface area contributed by atoms with E-state index in [2.05, 4.69) is 6.58 Å². The molecule has 1 saturated heterocycles. The first-order valence-electron chi connectivity index (χ1n) is 8.33. The lowest BCUT2D eigenvalue weighted by Crippen LogP contribution is -2.44. The lowest BCUT2D eigenvalue weighted by Gasteiger charge is -2.32. The molecule has 2 unspecified atom stereocenters. The molecule has 0 N–H and O–H groups in total. The molecule has 0 spiro atoms. The lowest BCUT2D eigenvalue weighted by molar-refractivity contribution is -0.384. The van der Waals surface area contributed by atoms with Crippen LogP contribution < -0.4 is 0 Å². The van der Waals surface area contributed by atoms with E-state index >= 15 is 0 Å². The Hall–Kier alpha value is -2.55. The van der Waals surface area contributed by atoms with Gasteiger partial charge in [0.05, 0.1) is 22.0 Å². The second-order valence-corrected chi connectivity index (χ2v) is 8.49. The van der Waals surface area contributed by atoms with Gasteiger partial charge in [-0.1, -0.05) is 36.4 Å². The molecule has 1 fully saturated rings. The Morgan fingerprint density at radius 2 is 1.74 bits per heavy atom. The lowest BCUT2D eigenvalue weighted by atomic mass is 10.0. The molecule has 2 aromatic rings. The number of hydrogen-bond acceptors (Lipinski definition) is 5. The summed E-state index contributed by atoms with van der Waals surface area (Å²) >= 11 is 0. The van der Waals surface area contributed by atoms with Crippen molar-refractivity contribution in [1.82, 2.24) is 4.31 Å². The molecule has 1 aliphatic heterocycles. The number of ether oxygens (including phenoxy) is 1. The molecule has 27 heavy (non-hydrogen) atoms. The van der Waals surface area contributed by atoms with Crippen molar-refractivity contribution in [3.8, 4) is 0 Å². The van der Waals surface area contributed by atoms with Crippen molar-refractivity contribution < 1.29 is 18.1 Å². The van der Waals surface area contributed by atoms with Crippen molar-refractivity contribution in [2.24, 2.45) is 0 Å². The first-order chi connectivity index (χ1) is 12.7. The van der Waals surface area contributed by atoms with E-state index in [1.54, 1.807) is 19.9 Å². The van der Waals surface area contributed by atoms with Crippen LogP contribution in [0.5, 0.6) is 0 Å². The molecule has 8 heteroatoms. The van der Waals surface area contributed by atoms with Gasteiger partial charge < -0.3 is 4.74 Å². The number of sulfonamides is 1. The molecule has 0 radical (unpaired) electrons. The third-order valence-electron chi connectivity index (χ3n) is 4.50. The fourth-order valence-corrected chi connectivity index (χ4v) is 5.23. The Balaban J connectivity index is 2.12. The van der Waals surface area contributed by atoms with E-state index in [9.17, 15) is 18.5 Å². The van der Waals surface area contributed by atoms with Crippen molar-refractivity contribution >= 4 is 15.7 Å². The van der Waals surface area contributed by atoms with Crippen molar-refractivity contribution in [2.75, 3.05) is 0 Å². The molecular weight excluding hydrogens is 368 g/mol. The van der Waals surface area contributed by atoms with Crippen molar-refractivity contribution in [3.05, 3.63) is 82.9 Å². The van der Waals surface area contributed by atoms with Gasteiger partial charge in [-0.05, 0) is 31.5 Å². The molecule has 0 amide bonds. The average Bonchev–Trinajstić information content (AvgIpc) is 2.93. The maximum atomic E-state index is 13.4. The molecular formula is C19H20N2O5S. The summed E-state index contributed by atoms with van der Waals surface area (Å²) in [7, 11) is -3.99. The summed E-state index contributed by atoms with van der Waals surface area (Å²) in [6, 6.07) is 13.4. The molecule has 0 aliphatic carbocycles. The molecule has 7 nitrogen and oxygen atoms in total. The zero-order valence-electron chi connectivity index (χ0n) is 15.0. The Labute approximate surface area is 158 Å². The van der Waals surface area contributed by atoms with Crippen molar-refractivity contribution in [3.63, 3.8) is 0 Å². The molecule has 1 heterocycles. The zero-order valence-corrected chi connectivity index (χ0v) is 15.8. The first-order valence-corrected chi connectivity index (χ1v) is 9.77. The number of nitro benzene ring substituents is 1. The van der Waals surface area contributed by atoms with Gasteiger partial charge in [-0.25, -0.2) is 8.42 Å². The SMILES string of the molecule is C=CC1OC(C)(C)N(S(=O)(=O)c2ccc([N+](=O)[O-])cc2)C1c1ccccc1. The maximum Gasteiger partial charge on any atom is 0.269 e. The number of nitrogens with zero attached hydrogens (tertiary/aromatic N) is 2. The van der Waals surface area contributed by atoms with Crippen molar-refractivity contribution in [1.29, 1.82) is 0 Å². The van der Waals surface area contributed by atoms with Crippen LogP contribution in [0.4, 0.5) is 5.69 Å². The van der Waals surface area contributed by atoms with Crippen LogP contribution in [0.3, 0.4) is 0 Å². The molecule has 3 rings (SSSR count). The molecule has 0 aromatic heterocycles. The topological polar surface area (TPSA) is 89.8 Å². The third kappa shape index (κ3) is 3.39. The number of benzene rings is 2. The van der Waals surface area contributed by atoms with Crippen LogP contribution in [0.1, 0.15) is 25.5 Å². The number of hydrogen-bond donors (Lipinski definition) is 0. The minimum atomic E-state index is -3.99. The summed E-state index contributed by atoms with van der Waals surface area (Å²) in [5, 5.41) is 10.9. The molecule has 1 aliphatic rings. The Morgan fingerprint density at radius 3 is 2.26 bits per heavy atom. The fourth-order valence-electron chi connectivity index (χ4n) is 3.36. The standard InChI is InChI=1S/C19H20N2O5S/c1-4-17-18(14-8-6-5-7-9-14)20(19(2,3)26-17)27(24,25)16-12-10-15(11-13-16)21(22)23/h4-13,17-18H,1H2,2-3H3. The van der Waals surface area contributed by atoms with E-state index < -0.39 is 32.8 Å². The van der Waals surface area contributed by atoms with Gasteiger partial charge in [0.1, 0.15) is 5.72 Å². The highest BCUT2D eigenvalue weighted by Gasteiger charge is 2.53. The molecule has 0 bridgehead atoms. The minimum absolute atomic E-state index is 0.0320. The van der Waals surface area contributed by atoms with Crippen molar-refractivity contribution in [2.45, 2.75) is 36.6 Å². The highest BCUT2D eigenvalue weighted by atomic mass is 32.2. The van der Waals surface area contributed by atoms with Gasteiger partial charge >= 0.3 is 0 Å². The smallest absolute Gasteiger partial charge is 0.269 e. The van der Waals surface area contributed by atoms with E-state index in [1.807, 2.05) is 30.3 Å². The summed E-state index contributed by atoms with van der Waals surface area (Å²) in [4.78, 5) is 10.3. The Kier molecular flexibility index (Phi) is 4.90. The number of non-ortho nitro benzene ring substituents is 1. The van der Waals surface area contributed by atoms with Crippen LogP contribution in [0, 0.1) is 10.1 Å². The summed E-state index contributed by atoms with van der Waals surface area (Å²) < 4.78 is 34.1. The average molecular weight is 388 g/mol. The summed E-state index contributed by atoms with van der Waals surface area (Å²) in [5.74, 6) is 0.